The van der Waals surface area contributed by atoms with Crippen LogP contribution in [0.25, 0.3) is 0 Å². The topological polar surface area (TPSA) is 28.2 Å². The van der Waals surface area contributed by atoms with Gasteiger partial charge in [-0.05, 0) is 34.6 Å². The first-order valence-electron chi connectivity index (χ1n) is 7.40. The highest BCUT2D eigenvalue weighted by Crippen LogP contribution is 2.34. The quantitative estimate of drug-likeness (QED) is 0.904. The van der Waals surface area contributed by atoms with Crippen LogP contribution in [0.1, 0.15) is 66.0 Å². The van der Waals surface area contributed by atoms with Crippen LogP contribution in [0.5, 0.6) is 0 Å². The van der Waals surface area contributed by atoms with Gasteiger partial charge in [0.2, 0.25) is 0 Å². The third-order valence-corrected chi connectivity index (χ3v) is 4.40. The van der Waals surface area contributed by atoms with Crippen molar-refractivity contribution in [3.05, 3.63) is 10.6 Å². The van der Waals surface area contributed by atoms with Crippen LogP contribution in [-0.4, -0.2) is 23.6 Å². The van der Waals surface area contributed by atoms with Crippen LogP contribution in [-0.2, 0) is 12.0 Å². The SMILES string of the molecule is CC(C)N(C)c1nc(C(C)(C)C)c(CNC(C)(C)C)s1. The third kappa shape index (κ3) is 4.74. The van der Waals surface area contributed by atoms with Crippen LogP contribution in [0.15, 0.2) is 0 Å². The largest absolute Gasteiger partial charge is 0.349 e. The summed E-state index contributed by atoms with van der Waals surface area (Å²) in [6.45, 7) is 18.6. The summed E-state index contributed by atoms with van der Waals surface area (Å²) in [7, 11) is 2.12. The van der Waals surface area contributed by atoms with Crippen molar-refractivity contribution in [1.82, 2.24) is 10.3 Å². The van der Waals surface area contributed by atoms with Gasteiger partial charge in [-0.1, -0.05) is 20.8 Å². The summed E-state index contributed by atoms with van der Waals surface area (Å²) in [5, 5.41) is 4.70. The molecule has 0 fully saturated rings. The molecular formula is C16H31N3S. The molecule has 4 heteroatoms. The van der Waals surface area contributed by atoms with Crippen LogP contribution in [0.3, 0.4) is 0 Å². The van der Waals surface area contributed by atoms with Crippen LogP contribution in [0, 0.1) is 0 Å². The third-order valence-electron chi connectivity index (χ3n) is 3.25. The average Bonchev–Trinajstić information content (AvgIpc) is 2.67. The standard InChI is InChI=1S/C16H31N3S/c1-11(2)19(9)14-18-13(15(3,4)5)12(20-14)10-17-16(6,7)8/h11,17H,10H2,1-9H3. The average molecular weight is 298 g/mol. The molecule has 0 radical (unpaired) electrons. The van der Waals surface area contributed by atoms with Crippen molar-refractivity contribution in [2.24, 2.45) is 0 Å². The summed E-state index contributed by atoms with van der Waals surface area (Å²) in [6, 6.07) is 0.470. The van der Waals surface area contributed by atoms with E-state index >= 15 is 0 Å². The molecule has 1 aromatic rings. The Hall–Kier alpha value is -0.610. The fourth-order valence-corrected chi connectivity index (χ4v) is 3.07. The predicted molar refractivity (Wildman–Crippen MR) is 90.9 cm³/mol. The molecule has 0 aliphatic heterocycles. The van der Waals surface area contributed by atoms with Crippen molar-refractivity contribution in [1.29, 1.82) is 0 Å². The Morgan fingerprint density at radius 3 is 2.10 bits per heavy atom. The van der Waals surface area contributed by atoms with Crippen molar-refractivity contribution in [2.45, 2.75) is 78.9 Å². The highest BCUT2D eigenvalue weighted by atomic mass is 32.1. The molecule has 0 saturated carbocycles. The van der Waals surface area contributed by atoms with Gasteiger partial charge in [0, 0.05) is 35.5 Å². The van der Waals surface area contributed by atoms with Gasteiger partial charge in [-0.3, -0.25) is 0 Å². The van der Waals surface area contributed by atoms with Gasteiger partial charge in [-0.15, -0.1) is 11.3 Å². The van der Waals surface area contributed by atoms with Crippen LogP contribution >= 0.6 is 11.3 Å². The Bertz CT molecular complexity index is 436. The summed E-state index contributed by atoms with van der Waals surface area (Å²) in [6.07, 6.45) is 0. The summed E-state index contributed by atoms with van der Waals surface area (Å²) in [4.78, 5) is 8.51. The molecule has 0 spiro atoms. The molecule has 0 unspecified atom stereocenters. The second kappa shape index (κ2) is 6.02. The number of thiazole rings is 1. The number of rotatable bonds is 4. The monoisotopic (exact) mass is 297 g/mol. The second-order valence-corrected chi connectivity index (χ2v) is 8.89. The van der Waals surface area contributed by atoms with Gasteiger partial charge in [0.15, 0.2) is 5.13 Å². The van der Waals surface area contributed by atoms with E-state index in [2.05, 4.69) is 72.7 Å². The molecule has 0 saturated heterocycles. The first-order chi connectivity index (χ1) is 8.92. The van der Waals surface area contributed by atoms with E-state index in [1.807, 2.05) is 11.3 Å². The van der Waals surface area contributed by atoms with Crippen LogP contribution in [0.2, 0.25) is 0 Å². The molecule has 1 N–H and O–H groups in total. The molecular weight excluding hydrogens is 266 g/mol. The van der Waals surface area contributed by atoms with E-state index in [0.29, 0.717) is 6.04 Å². The van der Waals surface area contributed by atoms with Gasteiger partial charge in [-0.2, -0.15) is 0 Å². The van der Waals surface area contributed by atoms with Crippen molar-refractivity contribution < 1.29 is 0 Å². The molecule has 116 valence electrons. The zero-order valence-electron chi connectivity index (χ0n) is 14.6. The Morgan fingerprint density at radius 2 is 1.70 bits per heavy atom. The maximum atomic E-state index is 4.91. The van der Waals surface area contributed by atoms with E-state index in [4.69, 9.17) is 4.98 Å². The molecule has 0 aliphatic rings. The molecule has 0 atom stereocenters. The molecule has 3 nitrogen and oxygen atoms in total. The van der Waals surface area contributed by atoms with Crippen molar-refractivity contribution in [3.63, 3.8) is 0 Å². The molecule has 0 bridgehead atoms. The van der Waals surface area contributed by atoms with Gasteiger partial charge >= 0.3 is 0 Å². The van der Waals surface area contributed by atoms with Gasteiger partial charge in [0.1, 0.15) is 0 Å². The van der Waals surface area contributed by atoms with Crippen LogP contribution < -0.4 is 10.2 Å². The molecule has 20 heavy (non-hydrogen) atoms. The van der Waals surface area contributed by atoms with E-state index < -0.39 is 0 Å². The Balaban J connectivity index is 3.08. The molecule has 1 aromatic heterocycles. The van der Waals surface area contributed by atoms with Gasteiger partial charge in [-0.25, -0.2) is 4.98 Å². The van der Waals surface area contributed by atoms with E-state index in [0.717, 1.165) is 11.7 Å². The fraction of sp³-hybridized carbons (Fsp3) is 0.812. The Morgan fingerprint density at radius 1 is 1.15 bits per heavy atom. The maximum Gasteiger partial charge on any atom is 0.185 e. The fourth-order valence-electron chi connectivity index (χ4n) is 1.76. The first-order valence-corrected chi connectivity index (χ1v) is 8.21. The van der Waals surface area contributed by atoms with Crippen molar-refractivity contribution in [2.75, 3.05) is 11.9 Å². The number of anilines is 1. The Kier molecular flexibility index (Phi) is 5.25. The molecule has 0 aromatic carbocycles. The molecule has 1 heterocycles. The van der Waals surface area contributed by atoms with Gasteiger partial charge in [0.05, 0.1) is 5.69 Å². The lowest BCUT2D eigenvalue weighted by atomic mass is 9.91. The maximum absolute atomic E-state index is 4.91. The van der Waals surface area contributed by atoms with E-state index in [1.54, 1.807) is 0 Å². The zero-order chi connectivity index (χ0) is 15.7. The lowest BCUT2D eigenvalue weighted by molar-refractivity contribution is 0.422. The minimum atomic E-state index is 0.0848. The highest BCUT2D eigenvalue weighted by molar-refractivity contribution is 7.15. The number of hydrogen-bond acceptors (Lipinski definition) is 4. The lowest BCUT2D eigenvalue weighted by Crippen LogP contribution is -2.35. The summed E-state index contributed by atoms with van der Waals surface area (Å²) in [5.41, 5.74) is 1.44. The first kappa shape index (κ1) is 17.4. The predicted octanol–water partition coefficient (Wildman–Crippen LogP) is 4.17. The molecule has 1 rings (SSSR count). The second-order valence-electron chi connectivity index (χ2n) is 7.83. The lowest BCUT2D eigenvalue weighted by Gasteiger charge is -2.22. The Labute approximate surface area is 128 Å². The van der Waals surface area contributed by atoms with Crippen molar-refractivity contribution >= 4 is 16.5 Å². The minimum absolute atomic E-state index is 0.0848. The van der Waals surface area contributed by atoms with E-state index in [9.17, 15) is 0 Å². The smallest absolute Gasteiger partial charge is 0.185 e. The molecule has 0 amide bonds. The van der Waals surface area contributed by atoms with Gasteiger partial charge in [0.25, 0.3) is 0 Å². The van der Waals surface area contributed by atoms with E-state index in [-0.39, 0.29) is 11.0 Å². The number of aromatic nitrogens is 1. The zero-order valence-corrected chi connectivity index (χ0v) is 15.4. The number of nitrogens with one attached hydrogen (secondary N) is 1. The summed E-state index contributed by atoms with van der Waals surface area (Å²) in [5.74, 6) is 0. The molecule has 0 aliphatic carbocycles. The minimum Gasteiger partial charge on any atom is -0.349 e. The number of nitrogens with zero attached hydrogens (tertiary/aromatic N) is 2. The van der Waals surface area contributed by atoms with E-state index in [1.165, 1.54) is 10.6 Å². The number of hydrogen-bond donors (Lipinski definition) is 1. The van der Waals surface area contributed by atoms with Gasteiger partial charge < -0.3 is 10.2 Å². The van der Waals surface area contributed by atoms with Crippen molar-refractivity contribution in [3.8, 4) is 0 Å². The normalized spacial score (nSPS) is 13.1. The summed E-state index contributed by atoms with van der Waals surface area (Å²) < 4.78 is 0. The highest BCUT2D eigenvalue weighted by Gasteiger charge is 2.25. The summed E-state index contributed by atoms with van der Waals surface area (Å²) >= 11 is 1.82. The van der Waals surface area contributed by atoms with Crippen LogP contribution in [0.4, 0.5) is 5.13 Å².